The molecule has 10 heteroatoms. The zero-order chi connectivity index (χ0) is 23.3. The normalized spacial score (nSPS) is 11.5. The lowest BCUT2D eigenvalue weighted by Gasteiger charge is -2.25. The number of benzene rings is 1. The molecule has 0 fully saturated rings. The predicted molar refractivity (Wildman–Crippen MR) is 123 cm³/mol. The van der Waals surface area contributed by atoms with Crippen molar-refractivity contribution in [2.24, 2.45) is 5.41 Å². The number of aromatic amines is 1. The largest absolute Gasteiger partial charge is 0.368 e. The maximum absolute atomic E-state index is 12.3. The van der Waals surface area contributed by atoms with E-state index in [2.05, 4.69) is 36.0 Å². The number of nitrogens with zero attached hydrogens (tertiary/aromatic N) is 4. The van der Waals surface area contributed by atoms with E-state index in [9.17, 15) is 9.59 Å². The van der Waals surface area contributed by atoms with Crippen LogP contribution in [0.4, 0.5) is 5.82 Å². The molecule has 0 unspecified atom stereocenters. The first-order valence-electron chi connectivity index (χ1n) is 10.6. The van der Waals surface area contributed by atoms with E-state index >= 15 is 0 Å². The summed E-state index contributed by atoms with van der Waals surface area (Å²) in [7, 11) is 0. The molecule has 0 spiro atoms. The van der Waals surface area contributed by atoms with Crippen molar-refractivity contribution in [1.82, 2.24) is 30.6 Å². The minimum Gasteiger partial charge on any atom is -0.368 e. The van der Waals surface area contributed by atoms with Gasteiger partial charge in [0.1, 0.15) is 5.69 Å². The standard InChI is InChI=1S/C23H25N7O3/c1-23(2,14-26-20-15-7-3-4-8-16(15)22(32)29-28-20)13-25-18(31)10-11-19-27-21(30-33-19)17-9-5-6-12-24-17/h3-9,12H,10-11,13-14H2,1-2H3,(H,25,31)(H,26,28)(H,29,32). The summed E-state index contributed by atoms with van der Waals surface area (Å²) in [6.45, 7) is 5.08. The molecule has 3 N–H and O–H groups in total. The molecule has 33 heavy (non-hydrogen) atoms. The fraction of sp³-hybridized carbons (Fsp3) is 0.304. The van der Waals surface area contributed by atoms with Crippen molar-refractivity contribution in [3.8, 4) is 11.5 Å². The molecule has 4 rings (SSSR count). The molecule has 3 aromatic heterocycles. The third kappa shape index (κ3) is 5.59. The Labute approximate surface area is 189 Å². The van der Waals surface area contributed by atoms with Gasteiger partial charge in [0.05, 0.1) is 5.39 Å². The fourth-order valence-electron chi connectivity index (χ4n) is 3.24. The molecule has 0 radical (unpaired) electrons. The number of nitrogens with one attached hydrogen (secondary N) is 3. The number of carbonyl (C=O) groups excluding carboxylic acids is 1. The van der Waals surface area contributed by atoms with Gasteiger partial charge in [-0.2, -0.15) is 10.1 Å². The molecule has 4 aromatic rings. The summed E-state index contributed by atoms with van der Waals surface area (Å²) in [5.41, 5.74) is 0.137. The number of anilines is 1. The summed E-state index contributed by atoms with van der Waals surface area (Å²) in [5, 5.41) is 18.1. The summed E-state index contributed by atoms with van der Waals surface area (Å²) in [6.07, 6.45) is 2.24. The zero-order valence-electron chi connectivity index (χ0n) is 18.5. The van der Waals surface area contributed by atoms with Crippen molar-refractivity contribution in [1.29, 1.82) is 0 Å². The van der Waals surface area contributed by atoms with E-state index in [0.717, 1.165) is 5.39 Å². The Morgan fingerprint density at radius 2 is 1.88 bits per heavy atom. The monoisotopic (exact) mass is 447 g/mol. The molecule has 1 aromatic carbocycles. The number of hydrogen-bond donors (Lipinski definition) is 3. The van der Waals surface area contributed by atoms with Gasteiger partial charge in [0.25, 0.3) is 5.56 Å². The number of pyridine rings is 1. The Morgan fingerprint density at radius 3 is 2.67 bits per heavy atom. The number of amides is 1. The molecule has 10 nitrogen and oxygen atoms in total. The molecule has 0 atom stereocenters. The Kier molecular flexibility index (Phi) is 6.43. The topological polar surface area (TPSA) is 139 Å². The summed E-state index contributed by atoms with van der Waals surface area (Å²) < 4.78 is 5.22. The van der Waals surface area contributed by atoms with Crippen molar-refractivity contribution < 1.29 is 9.32 Å². The van der Waals surface area contributed by atoms with Crippen LogP contribution in [0.3, 0.4) is 0 Å². The van der Waals surface area contributed by atoms with Crippen LogP contribution in [0.25, 0.3) is 22.3 Å². The Morgan fingerprint density at radius 1 is 1.09 bits per heavy atom. The van der Waals surface area contributed by atoms with E-state index in [1.165, 1.54) is 0 Å². The van der Waals surface area contributed by atoms with Gasteiger partial charge in [-0.05, 0) is 23.6 Å². The molecule has 0 saturated heterocycles. The van der Waals surface area contributed by atoms with Crippen LogP contribution in [0.5, 0.6) is 0 Å². The van der Waals surface area contributed by atoms with Crippen LogP contribution in [-0.4, -0.2) is 44.3 Å². The third-order valence-corrected chi connectivity index (χ3v) is 5.12. The minimum absolute atomic E-state index is 0.103. The number of hydrogen-bond acceptors (Lipinski definition) is 8. The molecule has 0 aliphatic carbocycles. The molecule has 1 amide bonds. The Balaban J connectivity index is 1.26. The number of carbonyl (C=O) groups is 1. The van der Waals surface area contributed by atoms with Crippen LogP contribution in [0.1, 0.15) is 26.2 Å². The van der Waals surface area contributed by atoms with E-state index in [0.29, 0.717) is 48.1 Å². The van der Waals surface area contributed by atoms with Crippen LogP contribution in [0.15, 0.2) is 58.0 Å². The lowest BCUT2D eigenvalue weighted by molar-refractivity contribution is -0.121. The second-order valence-corrected chi connectivity index (χ2v) is 8.47. The van der Waals surface area contributed by atoms with E-state index in [-0.39, 0.29) is 23.3 Å². The minimum atomic E-state index is -0.259. The first-order chi connectivity index (χ1) is 15.9. The number of rotatable bonds is 9. The van der Waals surface area contributed by atoms with Crippen LogP contribution >= 0.6 is 0 Å². The first kappa shape index (κ1) is 22.1. The van der Waals surface area contributed by atoms with Crippen molar-refractivity contribution >= 4 is 22.5 Å². The summed E-state index contributed by atoms with van der Waals surface area (Å²) in [4.78, 5) is 32.8. The summed E-state index contributed by atoms with van der Waals surface area (Å²) in [6, 6.07) is 12.7. The van der Waals surface area contributed by atoms with Gasteiger partial charge in [-0.15, -0.1) is 0 Å². The van der Waals surface area contributed by atoms with Gasteiger partial charge in [0.15, 0.2) is 5.82 Å². The Hall–Kier alpha value is -4.08. The van der Waals surface area contributed by atoms with Gasteiger partial charge < -0.3 is 15.2 Å². The molecule has 0 aliphatic rings. The molecule has 170 valence electrons. The van der Waals surface area contributed by atoms with Gasteiger partial charge in [-0.25, -0.2) is 5.10 Å². The van der Waals surface area contributed by atoms with Gasteiger partial charge in [0.2, 0.25) is 17.6 Å². The highest BCUT2D eigenvalue weighted by atomic mass is 16.5. The number of fused-ring (bicyclic) bond motifs is 1. The molecule has 0 saturated carbocycles. The predicted octanol–water partition coefficient (Wildman–Crippen LogP) is 2.56. The van der Waals surface area contributed by atoms with Crippen molar-refractivity contribution in [3.05, 3.63) is 64.9 Å². The van der Waals surface area contributed by atoms with Crippen molar-refractivity contribution in [2.75, 3.05) is 18.4 Å². The van der Waals surface area contributed by atoms with Gasteiger partial charge in [-0.3, -0.25) is 14.6 Å². The highest BCUT2D eigenvalue weighted by Crippen LogP contribution is 2.20. The smallest absolute Gasteiger partial charge is 0.272 e. The number of aryl methyl sites for hydroxylation is 1. The first-order valence-corrected chi connectivity index (χ1v) is 10.6. The van der Waals surface area contributed by atoms with Gasteiger partial charge >= 0.3 is 0 Å². The number of aromatic nitrogens is 5. The number of H-pyrrole nitrogens is 1. The fourth-order valence-corrected chi connectivity index (χ4v) is 3.24. The summed E-state index contributed by atoms with van der Waals surface area (Å²) in [5.74, 6) is 1.29. The third-order valence-electron chi connectivity index (χ3n) is 5.12. The molecule has 0 aliphatic heterocycles. The molecule has 0 bridgehead atoms. The van der Waals surface area contributed by atoms with Crippen molar-refractivity contribution in [3.63, 3.8) is 0 Å². The van der Waals surface area contributed by atoms with Crippen LogP contribution in [0, 0.1) is 5.41 Å². The van der Waals surface area contributed by atoms with E-state index in [1.807, 2.05) is 44.2 Å². The maximum Gasteiger partial charge on any atom is 0.272 e. The molecular formula is C23H25N7O3. The maximum atomic E-state index is 12.3. The van der Waals surface area contributed by atoms with Crippen LogP contribution in [-0.2, 0) is 11.2 Å². The Bertz CT molecular complexity index is 1300. The second kappa shape index (κ2) is 9.60. The van der Waals surface area contributed by atoms with Gasteiger partial charge in [-0.1, -0.05) is 43.3 Å². The van der Waals surface area contributed by atoms with Crippen LogP contribution < -0.4 is 16.2 Å². The SMILES string of the molecule is CC(C)(CNC(=O)CCc1nc(-c2ccccn2)no1)CNc1n[nH]c(=O)c2ccccc12. The highest BCUT2D eigenvalue weighted by Gasteiger charge is 2.20. The van der Waals surface area contributed by atoms with E-state index in [1.54, 1.807) is 18.3 Å². The molecular weight excluding hydrogens is 422 g/mol. The lowest BCUT2D eigenvalue weighted by Crippen LogP contribution is -2.38. The lowest BCUT2D eigenvalue weighted by atomic mass is 9.93. The average molecular weight is 447 g/mol. The van der Waals surface area contributed by atoms with Crippen molar-refractivity contribution in [2.45, 2.75) is 26.7 Å². The second-order valence-electron chi connectivity index (χ2n) is 8.47. The summed E-state index contributed by atoms with van der Waals surface area (Å²) >= 11 is 0. The zero-order valence-corrected chi connectivity index (χ0v) is 18.5. The average Bonchev–Trinajstić information content (AvgIpc) is 3.31. The highest BCUT2D eigenvalue weighted by molar-refractivity contribution is 5.90. The van der Waals surface area contributed by atoms with Crippen LogP contribution in [0.2, 0.25) is 0 Å². The van der Waals surface area contributed by atoms with Gasteiger partial charge in [0, 0.05) is 37.5 Å². The quantitative estimate of drug-likeness (QED) is 0.356. The molecule has 3 heterocycles. The van der Waals surface area contributed by atoms with E-state index < -0.39 is 0 Å². The van der Waals surface area contributed by atoms with E-state index in [4.69, 9.17) is 4.52 Å².